The van der Waals surface area contributed by atoms with Crippen LogP contribution in [0.1, 0.15) is 20.8 Å². The van der Waals surface area contributed by atoms with Gasteiger partial charge in [0.25, 0.3) is 0 Å². The largest absolute Gasteiger partial charge is 0.471 e. The van der Waals surface area contributed by atoms with Crippen molar-refractivity contribution >= 4 is 11.6 Å². The first-order valence-corrected chi connectivity index (χ1v) is 4.64. The zero-order valence-corrected chi connectivity index (χ0v) is 9.12. The maximum Gasteiger partial charge on any atom is 0.218 e. The van der Waals surface area contributed by atoms with Crippen molar-refractivity contribution in [1.82, 2.24) is 9.97 Å². The van der Waals surface area contributed by atoms with Crippen molar-refractivity contribution in [2.45, 2.75) is 32.5 Å². The second-order valence-electron chi connectivity index (χ2n) is 3.59. The van der Waals surface area contributed by atoms with Crippen molar-refractivity contribution in [2.24, 2.45) is 0 Å². The highest BCUT2D eigenvalue weighted by molar-refractivity contribution is 6.29. The minimum absolute atomic E-state index is 0.318. The Hall–Kier alpha value is -0.870. The zero-order valence-electron chi connectivity index (χ0n) is 8.36. The van der Waals surface area contributed by atoms with Crippen molar-refractivity contribution in [1.29, 1.82) is 0 Å². The van der Waals surface area contributed by atoms with Crippen LogP contribution in [0.15, 0.2) is 12.4 Å². The van der Waals surface area contributed by atoms with E-state index in [2.05, 4.69) is 9.97 Å². The second-order valence-corrected chi connectivity index (χ2v) is 3.98. The van der Waals surface area contributed by atoms with Crippen LogP contribution in [0.2, 0.25) is 5.15 Å². The smallest absolute Gasteiger partial charge is 0.218 e. The van der Waals surface area contributed by atoms with E-state index in [0.29, 0.717) is 11.0 Å². The number of hydrogen-bond donors (Lipinski definition) is 1. The number of halogens is 1. The van der Waals surface area contributed by atoms with Crippen LogP contribution in [0.5, 0.6) is 5.88 Å². The summed E-state index contributed by atoms with van der Waals surface area (Å²) in [5, 5.41) is 9.93. The highest BCUT2D eigenvalue weighted by Crippen LogP contribution is 2.17. The molecule has 14 heavy (non-hydrogen) atoms. The van der Waals surface area contributed by atoms with Crippen LogP contribution in [0.4, 0.5) is 0 Å². The summed E-state index contributed by atoms with van der Waals surface area (Å²) in [6, 6.07) is 1.50. The normalized spacial score (nSPS) is 13.8. The molecule has 0 saturated heterocycles. The van der Waals surface area contributed by atoms with E-state index in [1.165, 1.54) is 12.4 Å². The number of ether oxygens (including phenoxy) is 1. The van der Waals surface area contributed by atoms with Gasteiger partial charge in [-0.1, -0.05) is 11.6 Å². The Morgan fingerprint density at radius 2 is 2.14 bits per heavy atom. The SMILES string of the molecule is CC(Oc1cc(Cl)ncn1)C(C)(C)O. The van der Waals surface area contributed by atoms with E-state index < -0.39 is 5.60 Å². The van der Waals surface area contributed by atoms with Gasteiger partial charge >= 0.3 is 0 Å². The molecule has 4 nitrogen and oxygen atoms in total. The van der Waals surface area contributed by atoms with Crippen molar-refractivity contribution in [3.63, 3.8) is 0 Å². The van der Waals surface area contributed by atoms with Gasteiger partial charge in [-0.2, -0.15) is 0 Å². The molecule has 0 spiro atoms. The van der Waals surface area contributed by atoms with Crippen LogP contribution in [0.3, 0.4) is 0 Å². The first-order chi connectivity index (χ1) is 6.39. The third-order valence-electron chi connectivity index (χ3n) is 1.90. The highest BCUT2D eigenvalue weighted by atomic mass is 35.5. The summed E-state index contributed by atoms with van der Waals surface area (Å²) in [6.45, 7) is 5.09. The third-order valence-corrected chi connectivity index (χ3v) is 2.11. The second kappa shape index (κ2) is 4.11. The average Bonchev–Trinajstić information content (AvgIpc) is 2.02. The lowest BCUT2D eigenvalue weighted by Crippen LogP contribution is -2.38. The van der Waals surface area contributed by atoms with E-state index in [4.69, 9.17) is 16.3 Å². The molecule has 5 heteroatoms. The Labute approximate surface area is 87.9 Å². The van der Waals surface area contributed by atoms with Gasteiger partial charge in [-0.05, 0) is 20.8 Å². The molecule has 1 heterocycles. The molecule has 1 unspecified atom stereocenters. The lowest BCUT2D eigenvalue weighted by atomic mass is 10.0. The first kappa shape index (κ1) is 11.2. The molecule has 0 aliphatic carbocycles. The Morgan fingerprint density at radius 3 is 2.64 bits per heavy atom. The predicted molar refractivity (Wildman–Crippen MR) is 53.4 cm³/mol. The molecule has 0 saturated carbocycles. The summed E-state index contributed by atoms with van der Waals surface area (Å²) in [5.41, 5.74) is -0.919. The molecule has 0 amide bonds. The van der Waals surface area contributed by atoms with E-state index in [1.54, 1.807) is 20.8 Å². The quantitative estimate of drug-likeness (QED) is 0.781. The van der Waals surface area contributed by atoms with Crippen LogP contribution in [-0.2, 0) is 0 Å². The van der Waals surface area contributed by atoms with Crippen molar-refractivity contribution < 1.29 is 9.84 Å². The molecule has 0 aliphatic rings. The van der Waals surface area contributed by atoms with Gasteiger partial charge in [0.05, 0.1) is 5.60 Å². The maximum atomic E-state index is 9.62. The summed E-state index contributed by atoms with van der Waals surface area (Å²) < 4.78 is 5.37. The summed E-state index contributed by atoms with van der Waals surface area (Å²) in [5.74, 6) is 0.361. The van der Waals surface area contributed by atoms with Gasteiger partial charge in [-0.25, -0.2) is 9.97 Å². The number of rotatable bonds is 3. The molecule has 1 aromatic heterocycles. The molecule has 0 aliphatic heterocycles. The number of hydrogen-bond acceptors (Lipinski definition) is 4. The average molecular weight is 217 g/mol. The molecule has 0 fully saturated rings. The molecule has 0 radical (unpaired) electrons. The fourth-order valence-electron chi connectivity index (χ4n) is 0.707. The van der Waals surface area contributed by atoms with Gasteiger partial charge in [-0.3, -0.25) is 0 Å². The lowest BCUT2D eigenvalue weighted by Gasteiger charge is -2.25. The van der Waals surface area contributed by atoms with Gasteiger partial charge in [0.2, 0.25) is 5.88 Å². The van der Waals surface area contributed by atoms with Crippen molar-refractivity contribution in [3.05, 3.63) is 17.5 Å². The van der Waals surface area contributed by atoms with Crippen LogP contribution in [0.25, 0.3) is 0 Å². The molecule has 1 aromatic rings. The molecule has 0 bridgehead atoms. The number of aliphatic hydroxyl groups is 1. The van der Waals surface area contributed by atoms with Crippen molar-refractivity contribution in [2.75, 3.05) is 0 Å². The number of nitrogens with zero attached hydrogens (tertiary/aromatic N) is 2. The van der Waals surface area contributed by atoms with Gasteiger partial charge < -0.3 is 9.84 Å². The summed E-state index contributed by atoms with van der Waals surface area (Å²) in [6.07, 6.45) is 0.947. The minimum atomic E-state index is -0.919. The van der Waals surface area contributed by atoms with E-state index in [0.717, 1.165) is 0 Å². The molecule has 1 N–H and O–H groups in total. The molecule has 78 valence electrons. The summed E-state index contributed by atoms with van der Waals surface area (Å²) in [7, 11) is 0. The van der Waals surface area contributed by atoms with Gasteiger partial charge in [-0.15, -0.1) is 0 Å². The van der Waals surface area contributed by atoms with Crippen LogP contribution in [-0.4, -0.2) is 26.8 Å². The topological polar surface area (TPSA) is 55.2 Å². The summed E-state index contributed by atoms with van der Waals surface area (Å²) >= 11 is 5.65. The minimum Gasteiger partial charge on any atom is -0.471 e. The zero-order chi connectivity index (χ0) is 10.8. The fraction of sp³-hybridized carbons (Fsp3) is 0.556. The Balaban J connectivity index is 2.70. The Kier molecular flexibility index (Phi) is 3.29. The maximum absolute atomic E-state index is 9.62. The fourth-order valence-corrected chi connectivity index (χ4v) is 0.844. The molecule has 1 atom stereocenters. The third kappa shape index (κ3) is 3.12. The highest BCUT2D eigenvalue weighted by Gasteiger charge is 2.24. The van der Waals surface area contributed by atoms with Crippen LogP contribution in [0, 0.1) is 0 Å². The molecular weight excluding hydrogens is 204 g/mol. The summed E-state index contributed by atoms with van der Waals surface area (Å²) in [4.78, 5) is 7.59. The standard InChI is InChI=1S/C9H13ClN2O2/c1-6(9(2,3)13)14-8-4-7(10)11-5-12-8/h4-6,13H,1-3H3. The predicted octanol–water partition coefficient (Wildman–Crippen LogP) is 1.67. The lowest BCUT2D eigenvalue weighted by molar-refractivity contribution is -0.0260. The Bertz CT molecular complexity index is 312. The van der Waals surface area contributed by atoms with Crippen LogP contribution >= 0.6 is 11.6 Å². The van der Waals surface area contributed by atoms with E-state index in [1.807, 2.05) is 0 Å². The van der Waals surface area contributed by atoms with Crippen molar-refractivity contribution in [3.8, 4) is 5.88 Å². The van der Waals surface area contributed by atoms with Gasteiger partial charge in [0.1, 0.15) is 17.6 Å². The van der Waals surface area contributed by atoms with E-state index >= 15 is 0 Å². The first-order valence-electron chi connectivity index (χ1n) is 4.26. The molecule has 1 rings (SSSR count). The molecule has 0 aromatic carbocycles. The Morgan fingerprint density at radius 1 is 1.50 bits per heavy atom. The van der Waals surface area contributed by atoms with Crippen LogP contribution < -0.4 is 4.74 Å². The van der Waals surface area contributed by atoms with E-state index in [9.17, 15) is 5.11 Å². The van der Waals surface area contributed by atoms with E-state index in [-0.39, 0.29) is 6.10 Å². The van der Waals surface area contributed by atoms with Gasteiger partial charge in [0, 0.05) is 6.07 Å². The van der Waals surface area contributed by atoms with Gasteiger partial charge in [0.15, 0.2) is 0 Å². The number of aromatic nitrogens is 2. The molecular formula is C9H13ClN2O2. The monoisotopic (exact) mass is 216 g/mol.